The Morgan fingerprint density at radius 2 is 2.00 bits per heavy atom. The van der Waals surface area contributed by atoms with Crippen molar-refractivity contribution in [3.05, 3.63) is 48.7 Å². The van der Waals surface area contributed by atoms with E-state index < -0.39 is 5.97 Å². The molecule has 0 radical (unpaired) electrons. The van der Waals surface area contributed by atoms with Crippen molar-refractivity contribution in [3.63, 3.8) is 0 Å². The monoisotopic (exact) mass is 240 g/mol. The van der Waals surface area contributed by atoms with Crippen molar-refractivity contribution < 1.29 is 9.90 Å². The number of hydrogen-bond donors (Lipinski definition) is 1. The van der Waals surface area contributed by atoms with E-state index in [1.54, 1.807) is 6.20 Å². The molecule has 1 N–H and O–H groups in total. The third-order valence-corrected chi connectivity index (χ3v) is 2.59. The quantitative estimate of drug-likeness (QED) is 0.734. The first-order chi connectivity index (χ1) is 8.77. The third kappa shape index (κ3) is 1.51. The van der Waals surface area contributed by atoms with Gasteiger partial charge in [-0.1, -0.05) is 24.3 Å². The van der Waals surface area contributed by atoms with E-state index in [9.17, 15) is 4.79 Å². The predicted octanol–water partition coefficient (Wildman–Crippen LogP) is 1.51. The fourth-order valence-electron chi connectivity index (χ4n) is 1.81. The van der Waals surface area contributed by atoms with Gasteiger partial charge in [-0.25, -0.2) is 14.8 Å². The number of aromatic carboxylic acids is 1. The van der Waals surface area contributed by atoms with Crippen LogP contribution in [0.4, 0.5) is 0 Å². The number of carbonyl (C=O) groups is 1. The number of hydrogen-bond acceptors (Lipinski definition) is 4. The fraction of sp³-hybridized carbons (Fsp3) is 0. The average Bonchev–Trinajstić information content (AvgIpc) is 2.87. The van der Waals surface area contributed by atoms with E-state index >= 15 is 0 Å². The number of aromatic nitrogens is 4. The third-order valence-electron chi connectivity index (χ3n) is 2.59. The van der Waals surface area contributed by atoms with Crippen molar-refractivity contribution in [1.29, 1.82) is 0 Å². The van der Waals surface area contributed by atoms with Crippen LogP contribution < -0.4 is 0 Å². The lowest BCUT2D eigenvalue weighted by Gasteiger charge is -2.05. The van der Waals surface area contributed by atoms with Crippen LogP contribution in [0.15, 0.2) is 42.9 Å². The standard InChI is InChI=1S/C12H8N4O2/c17-12(18)11-14-7-15-16(11)10-9-4-2-1-3-8(9)5-6-13-10/h1-7H,(H,17,18). The van der Waals surface area contributed by atoms with E-state index in [0.717, 1.165) is 10.8 Å². The summed E-state index contributed by atoms with van der Waals surface area (Å²) in [7, 11) is 0. The molecular formula is C12H8N4O2. The Bertz CT molecular complexity index is 730. The predicted molar refractivity (Wildman–Crippen MR) is 63.6 cm³/mol. The lowest BCUT2D eigenvalue weighted by molar-refractivity contribution is 0.0680. The van der Waals surface area contributed by atoms with Gasteiger partial charge in [0.25, 0.3) is 0 Å². The van der Waals surface area contributed by atoms with Crippen LogP contribution >= 0.6 is 0 Å². The Kier molecular flexibility index (Phi) is 2.26. The topological polar surface area (TPSA) is 80.9 Å². The van der Waals surface area contributed by atoms with Gasteiger partial charge in [-0.3, -0.25) is 0 Å². The highest BCUT2D eigenvalue weighted by Crippen LogP contribution is 2.19. The van der Waals surface area contributed by atoms with Gasteiger partial charge in [0.15, 0.2) is 5.82 Å². The zero-order valence-electron chi connectivity index (χ0n) is 9.19. The summed E-state index contributed by atoms with van der Waals surface area (Å²) < 4.78 is 1.23. The van der Waals surface area contributed by atoms with E-state index in [1.807, 2.05) is 30.3 Å². The van der Waals surface area contributed by atoms with E-state index in [4.69, 9.17) is 5.11 Å². The Balaban J connectivity index is 2.32. The highest BCUT2D eigenvalue weighted by atomic mass is 16.4. The summed E-state index contributed by atoms with van der Waals surface area (Å²) in [6, 6.07) is 9.43. The molecule has 0 aliphatic carbocycles. The summed E-state index contributed by atoms with van der Waals surface area (Å²) in [4.78, 5) is 18.9. The SMILES string of the molecule is O=C(O)c1ncnn1-c1nccc2ccccc12. The van der Waals surface area contributed by atoms with Gasteiger partial charge < -0.3 is 5.11 Å². The molecule has 0 spiro atoms. The molecule has 0 fully saturated rings. The molecule has 0 amide bonds. The number of carboxylic acid groups (broad SMARTS) is 1. The minimum Gasteiger partial charge on any atom is -0.475 e. The molecule has 0 unspecified atom stereocenters. The Labute approximate surface area is 102 Å². The second-order valence-electron chi connectivity index (χ2n) is 3.66. The molecule has 0 saturated carbocycles. The van der Waals surface area contributed by atoms with Gasteiger partial charge in [0.2, 0.25) is 5.82 Å². The fourth-order valence-corrected chi connectivity index (χ4v) is 1.81. The first-order valence-corrected chi connectivity index (χ1v) is 5.25. The van der Waals surface area contributed by atoms with Crippen LogP contribution in [0, 0.1) is 0 Å². The van der Waals surface area contributed by atoms with Crippen molar-refractivity contribution in [2.45, 2.75) is 0 Å². The molecule has 0 atom stereocenters. The molecule has 0 bridgehead atoms. The molecule has 6 heteroatoms. The molecule has 0 saturated heterocycles. The Hall–Kier alpha value is -2.76. The summed E-state index contributed by atoms with van der Waals surface area (Å²) in [5, 5.41) is 14.8. The Morgan fingerprint density at radius 3 is 2.83 bits per heavy atom. The minimum absolute atomic E-state index is 0.154. The van der Waals surface area contributed by atoms with Crippen molar-refractivity contribution in [2.24, 2.45) is 0 Å². The second kappa shape index (κ2) is 3.92. The number of nitrogens with zero attached hydrogens (tertiary/aromatic N) is 4. The van der Waals surface area contributed by atoms with Gasteiger partial charge in [-0.2, -0.15) is 9.78 Å². The average molecular weight is 240 g/mol. The first kappa shape index (κ1) is 10.4. The van der Waals surface area contributed by atoms with E-state index in [-0.39, 0.29) is 5.82 Å². The van der Waals surface area contributed by atoms with Gasteiger partial charge >= 0.3 is 5.97 Å². The van der Waals surface area contributed by atoms with Crippen molar-refractivity contribution in [1.82, 2.24) is 19.7 Å². The number of benzene rings is 1. The van der Waals surface area contributed by atoms with E-state index in [1.165, 1.54) is 11.0 Å². The normalized spacial score (nSPS) is 10.7. The van der Waals surface area contributed by atoms with E-state index in [0.29, 0.717) is 5.82 Å². The molecular weight excluding hydrogens is 232 g/mol. The highest BCUT2D eigenvalue weighted by molar-refractivity contribution is 5.90. The lowest BCUT2D eigenvalue weighted by atomic mass is 10.1. The zero-order valence-corrected chi connectivity index (χ0v) is 9.19. The molecule has 0 aliphatic rings. The van der Waals surface area contributed by atoms with Crippen LogP contribution in [-0.4, -0.2) is 30.8 Å². The smallest absolute Gasteiger partial charge is 0.374 e. The molecule has 1 aromatic carbocycles. The molecule has 6 nitrogen and oxygen atoms in total. The molecule has 18 heavy (non-hydrogen) atoms. The number of rotatable bonds is 2. The Morgan fingerprint density at radius 1 is 1.17 bits per heavy atom. The van der Waals surface area contributed by atoms with Crippen molar-refractivity contribution >= 4 is 16.7 Å². The van der Waals surface area contributed by atoms with Crippen LogP contribution in [0.2, 0.25) is 0 Å². The van der Waals surface area contributed by atoms with Gasteiger partial charge in [-0.05, 0) is 11.5 Å². The van der Waals surface area contributed by atoms with Gasteiger partial charge in [-0.15, -0.1) is 0 Å². The molecule has 3 aromatic rings. The summed E-state index contributed by atoms with van der Waals surface area (Å²) in [6.45, 7) is 0. The number of pyridine rings is 1. The maximum absolute atomic E-state index is 11.0. The lowest BCUT2D eigenvalue weighted by Crippen LogP contribution is -2.10. The largest absolute Gasteiger partial charge is 0.475 e. The van der Waals surface area contributed by atoms with Crippen LogP contribution in [0.1, 0.15) is 10.6 Å². The van der Waals surface area contributed by atoms with Crippen LogP contribution in [-0.2, 0) is 0 Å². The number of carboxylic acids is 1. The maximum Gasteiger partial charge on any atom is 0.374 e. The summed E-state index contributed by atoms with van der Waals surface area (Å²) in [5.41, 5.74) is 0. The molecule has 2 aromatic heterocycles. The minimum atomic E-state index is -1.14. The molecule has 88 valence electrons. The van der Waals surface area contributed by atoms with Crippen LogP contribution in [0.25, 0.3) is 16.6 Å². The molecule has 2 heterocycles. The zero-order chi connectivity index (χ0) is 12.5. The summed E-state index contributed by atoms with van der Waals surface area (Å²) in [6.07, 6.45) is 2.82. The van der Waals surface area contributed by atoms with Crippen LogP contribution in [0.3, 0.4) is 0 Å². The summed E-state index contributed by atoms with van der Waals surface area (Å²) in [5.74, 6) is -0.830. The molecule has 0 aliphatic heterocycles. The van der Waals surface area contributed by atoms with Gasteiger partial charge in [0, 0.05) is 11.6 Å². The maximum atomic E-state index is 11.0. The summed E-state index contributed by atoms with van der Waals surface area (Å²) >= 11 is 0. The first-order valence-electron chi connectivity index (χ1n) is 5.25. The van der Waals surface area contributed by atoms with Crippen molar-refractivity contribution in [3.8, 4) is 5.82 Å². The van der Waals surface area contributed by atoms with Crippen molar-refractivity contribution in [2.75, 3.05) is 0 Å². The molecule has 3 rings (SSSR count). The second-order valence-corrected chi connectivity index (χ2v) is 3.66. The van der Waals surface area contributed by atoms with Crippen LogP contribution in [0.5, 0.6) is 0 Å². The highest BCUT2D eigenvalue weighted by Gasteiger charge is 2.16. The number of fused-ring (bicyclic) bond motifs is 1. The van der Waals surface area contributed by atoms with Gasteiger partial charge in [0.1, 0.15) is 6.33 Å². The van der Waals surface area contributed by atoms with Gasteiger partial charge in [0.05, 0.1) is 0 Å². The van der Waals surface area contributed by atoms with E-state index in [2.05, 4.69) is 15.1 Å².